The molecule has 0 bridgehead atoms. The number of rotatable bonds is 13. The van der Waals surface area contributed by atoms with Crippen LogP contribution in [0.4, 0.5) is 0 Å². The Bertz CT molecular complexity index is 524. The van der Waals surface area contributed by atoms with E-state index in [0.717, 1.165) is 38.5 Å². The van der Waals surface area contributed by atoms with Crippen LogP contribution in [0.1, 0.15) is 69.7 Å². The molecule has 0 N–H and O–H groups in total. The Labute approximate surface area is 157 Å². The molecular formula is C21H32O5. The fourth-order valence-electron chi connectivity index (χ4n) is 2.16. The number of unbranched alkanes of at least 4 members (excludes halogenated alkanes) is 3. The van der Waals surface area contributed by atoms with E-state index >= 15 is 0 Å². The molecule has 0 aromatic heterocycles. The third-order valence-electron chi connectivity index (χ3n) is 4.14. The van der Waals surface area contributed by atoms with Gasteiger partial charge in [-0.25, -0.2) is 4.79 Å². The average molecular weight is 364 g/mol. The van der Waals surface area contributed by atoms with Crippen LogP contribution in [0, 0.1) is 5.92 Å². The third kappa shape index (κ3) is 8.88. The van der Waals surface area contributed by atoms with Crippen LogP contribution in [0.15, 0.2) is 24.3 Å². The maximum Gasteiger partial charge on any atom is 0.338 e. The van der Waals surface area contributed by atoms with Crippen molar-refractivity contribution in [2.24, 2.45) is 5.92 Å². The Morgan fingerprint density at radius 3 is 2.15 bits per heavy atom. The highest BCUT2D eigenvalue weighted by atomic mass is 16.5. The summed E-state index contributed by atoms with van der Waals surface area (Å²) in [5, 5.41) is 0. The van der Waals surface area contributed by atoms with Crippen molar-refractivity contribution in [1.82, 2.24) is 0 Å². The van der Waals surface area contributed by atoms with Gasteiger partial charge >= 0.3 is 11.9 Å². The van der Waals surface area contributed by atoms with E-state index in [1.807, 2.05) is 13.8 Å². The highest BCUT2D eigenvalue weighted by Gasteiger charge is 2.11. The van der Waals surface area contributed by atoms with Gasteiger partial charge in [-0.05, 0) is 49.9 Å². The lowest BCUT2D eigenvalue weighted by Gasteiger charge is -2.10. The first-order valence-corrected chi connectivity index (χ1v) is 9.65. The van der Waals surface area contributed by atoms with E-state index < -0.39 is 0 Å². The van der Waals surface area contributed by atoms with Crippen LogP contribution >= 0.6 is 0 Å². The Balaban J connectivity index is 2.18. The van der Waals surface area contributed by atoms with Crippen LogP contribution in [-0.4, -0.2) is 31.8 Å². The van der Waals surface area contributed by atoms with Crippen molar-refractivity contribution in [3.8, 4) is 5.75 Å². The second-order valence-electron chi connectivity index (χ2n) is 6.40. The summed E-state index contributed by atoms with van der Waals surface area (Å²) in [5.41, 5.74) is 0.533. The summed E-state index contributed by atoms with van der Waals surface area (Å²) in [4.78, 5) is 23.4. The van der Waals surface area contributed by atoms with Crippen LogP contribution in [0.3, 0.4) is 0 Å². The molecule has 0 amide bonds. The molecule has 0 aliphatic rings. The smallest absolute Gasteiger partial charge is 0.338 e. The lowest BCUT2D eigenvalue weighted by atomic mass is 10.1. The van der Waals surface area contributed by atoms with Crippen molar-refractivity contribution >= 4 is 11.9 Å². The van der Waals surface area contributed by atoms with Crippen molar-refractivity contribution < 1.29 is 23.8 Å². The largest absolute Gasteiger partial charge is 0.494 e. The molecule has 5 heteroatoms. The summed E-state index contributed by atoms with van der Waals surface area (Å²) >= 11 is 0. The summed E-state index contributed by atoms with van der Waals surface area (Å²) < 4.78 is 16.0. The molecule has 1 unspecified atom stereocenters. The van der Waals surface area contributed by atoms with Crippen molar-refractivity contribution in [3.05, 3.63) is 29.8 Å². The second-order valence-corrected chi connectivity index (χ2v) is 6.40. The van der Waals surface area contributed by atoms with E-state index in [0.29, 0.717) is 31.1 Å². The van der Waals surface area contributed by atoms with E-state index in [-0.39, 0.29) is 17.9 Å². The van der Waals surface area contributed by atoms with Crippen molar-refractivity contribution in [1.29, 1.82) is 0 Å². The fraction of sp³-hybridized carbons (Fsp3) is 0.619. The van der Waals surface area contributed by atoms with Gasteiger partial charge in [0.25, 0.3) is 0 Å². The topological polar surface area (TPSA) is 61.8 Å². The van der Waals surface area contributed by atoms with Crippen LogP contribution in [0.2, 0.25) is 0 Å². The molecule has 0 heterocycles. The van der Waals surface area contributed by atoms with E-state index in [1.54, 1.807) is 24.3 Å². The summed E-state index contributed by atoms with van der Waals surface area (Å²) in [5.74, 6) is 0.244. The molecule has 0 spiro atoms. The van der Waals surface area contributed by atoms with E-state index in [2.05, 4.69) is 6.92 Å². The molecule has 5 nitrogen and oxygen atoms in total. The standard InChI is InChI=1S/C21H32O5/c1-4-6-7-15-26-21(23)18-10-12-19(13-11-18)24-14-8-9-16-25-20(22)17(3)5-2/h10-13,17H,4-9,14-16H2,1-3H3. The fourth-order valence-corrected chi connectivity index (χ4v) is 2.16. The third-order valence-corrected chi connectivity index (χ3v) is 4.14. The van der Waals surface area contributed by atoms with Gasteiger partial charge in [0, 0.05) is 0 Å². The van der Waals surface area contributed by atoms with Gasteiger partial charge in [0.2, 0.25) is 0 Å². The van der Waals surface area contributed by atoms with Crippen molar-refractivity contribution in [3.63, 3.8) is 0 Å². The highest BCUT2D eigenvalue weighted by Crippen LogP contribution is 2.14. The van der Waals surface area contributed by atoms with Crippen LogP contribution in [0.25, 0.3) is 0 Å². The van der Waals surface area contributed by atoms with Crippen LogP contribution in [-0.2, 0) is 14.3 Å². The minimum absolute atomic E-state index is 0.0388. The quantitative estimate of drug-likeness (QED) is 0.372. The monoisotopic (exact) mass is 364 g/mol. The number of hydrogen-bond donors (Lipinski definition) is 0. The number of carbonyl (C=O) groups excluding carboxylic acids is 2. The number of ether oxygens (including phenoxy) is 3. The minimum atomic E-state index is -0.296. The van der Waals surface area contributed by atoms with Gasteiger partial charge in [-0.15, -0.1) is 0 Å². The van der Waals surface area contributed by atoms with Gasteiger partial charge < -0.3 is 14.2 Å². The van der Waals surface area contributed by atoms with Crippen molar-refractivity contribution in [2.75, 3.05) is 19.8 Å². The molecule has 0 saturated heterocycles. The minimum Gasteiger partial charge on any atom is -0.494 e. The van der Waals surface area contributed by atoms with Crippen LogP contribution in [0.5, 0.6) is 5.75 Å². The maximum absolute atomic E-state index is 11.9. The van der Waals surface area contributed by atoms with Gasteiger partial charge in [-0.2, -0.15) is 0 Å². The lowest BCUT2D eigenvalue weighted by Crippen LogP contribution is -2.14. The second kappa shape index (κ2) is 13.2. The molecule has 1 atom stereocenters. The summed E-state index contributed by atoms with van der Waals surface area (Å²) in [6.45, 7) is 7.39. The maximum atomic E-state index is 11.9. The first-order valence-electron chi connectivity index (χ1n) is 9.65. The molecule has 1 rings (SSSR count). The highest BCUT2D eigenvalue weighted by molar-refractivity contribution is 5.89. The number of carbonyl (C=O) groups is 2. The summed E-state index contributed by atoms with van der Waals surface area (Å²) in [6.07, 6.45) is 5.43. The zero-order chi connectivity index (χ0) is 19.2. The Kier molecular flexibility index (Phi) is 11.2. The van der Waals surface area contributed by atoms with E-state index in [9.17, 15) is 9.59 Å². The van der Waals surface area contributed by atoms with Gasteiger partial charge in [0.15, 0.2) is 0 Å². The van der Waals surface area contributed by atoms with Gasteiger partial charge in [-0.1, -0.05) is 33.6 Å². The number of benzene rings is 1. The molecule has 26 heavy (non-hydrogen) atoms. The van der Waals surface area contributed by atoms with Crippen molar-refractivity contribution in [2.45, 2.75) is 59.3 Å². The Hall–Kier alpha value is -2.04. The zero-order valence-electron chi connectivity index (χ0n) is 16.3. The molecule has 0 fully saturated rings. The molecule has 0 aliphatic heterocycles. The Morgan fingerprint density at radius 1 is 0.885 bits per heavy atom. The average Bonchev–Trinajstić information content (AvgIpc) is 2.67. The zero-order valence-corrected chi connectivity index (χ0v) is 16.3. The SMILES string of the molecule is CCCCCOC(=O)c1ccc(OCCCCOC(=O)C(C)CC)cc1. The van der Waals surface area contributed by atoms with E-state index in [4.69, 9.17) is 14.2 Å². The summed E-state index contributed by atoms with van der Waals surface area (Å²) in [7, 11) is 0. The van der Waals surface area contributed by atoms with Gasteiger partial charge in [0.05, 0.1) is 31.3 Å². The van der Waals surface area contributed by atoms with Gasteiger partial charge in [-0.3, -0.25) is 4.79 Å². The molecule has 0 aliphatic carbocycles. The molecule has 146 valence electrons. The molecule has 1 aromatic rings. The molecular weight excluding hydrogens is 332 g/mol. The normalized spacial score (nSPS) is 11.7. The lowest BCUT2D eigenvalue weighted by molar-refractivity contribution is -0.148. The van der Waals surface area contributed by atoms with E-state index in [1.165, 1.54) is 0 Å². The Morgan fingerprint density at radius 2 is 1.50 bits per heavy atom. The predicted molar refractivity (Wildman–Crippen MR) is 101 cm³/mol. The molecule has 0 saturated carbocycles. The molecule has 0 radical (unpaired) electrons. The first kappa shape index (κ1) is 22.0. The number of hydrogen-bond acceptors (Lipinski definition) is 5. The summed E-state index contributed by atoms with van der Waals surface area (Å²) in [6, 6.07) is 6.97. The first-order chi connectivity index (χ1) is 12.6. The predicted octanol–water partition coefficient (Wildman–Crippen LogP) is 4.78. The number of esters is 2. The van der Waals surface area contributed by atoms with Crippen LogP contribution < -0.4 is 4.74 Å². The molecule has 1 aromatic carbocycles. The van der Waals surface area contributed by atoms with Gasteiger partial charge in [0.1, 0.15) is 5.75 Å².